The van der Waals surface area contributed by atoms with Crippen LogP contribution in [0.3, 0.4) is 0 Å². The molecule has 0 bridgehead atoms. The maximum absolute atomic E-state index is 14.1. The summed E-state index contributed by atoms with van der Waals surface area (Å²) >= 11 is 5.93. The molecular formula is C23H24ClF3NO3S+. The highest BCUT2D eigenvalue weighted by molar-refractivity contribution is 7.90. The lowest BCUT2D eigenvalue weighted by molar-refractivity contribution is -0.137. The molecule has 9 heteroatoms. The number of rotatable bonds is 5. The number of hydrogen-bond acceptors (Lipinski definition) is 3. The van der Waals surface area contributed by atoms with Crippen molar-refractivity contribution in [2.75, 3.05) is 6.26 Å². The molecule has 0 fully saturated rings. The third-order valence-electron chi connectivity index (χ3n) is 5.55. The highest BCUT2D eigenvalue weighted by atomic mass is 35.5. The minimum absolute atomic E-state index is 0.0512. The molecule has 1 aliphatic rings. The molecular weight excluding hydrogens is 463 g/mol. The number of hydrogen-bond donors (Lipinski definition) is 1. The molecule has 3 rings (SSSR count). The maximum atomic E-state index is 14.1. The maximum Gasteiger partial charge on any atom is 0.422 e. The van der Waals surface area contributed by atoms with E-state index in [2.05, 4.69) is 0 Å². The second-order valence-corrected chi connectivity index (χ2v) is 10.5. The zero-order valence-electron chi connectivity index (χ0n) is 18.0. The van der Waals surface area contributed by atoms with E-state index in [4.69, 9.17) is 11.6 Å². The predicted octanol–water partition coefficient (Wildman–Crippen LogP) is 6.28. The Balaban J connectivity index is 2.43. The van der Waals surface area contributed by atoms with Crippen LogP contribution in [0.1, 0.15) is 31.4 Å². The molecule has 0 spiro atoms. The lowest BCUT2D eigenvalue weighted by Gasteiger charge is -2.39. The molecule has 1 N–H and O–H groups in total. The third kappa shape index (κ3) is 4.24. The number of halogens is 4. The summed E-state index contributed by atoms with van der Waals surface area (Å²) in [6.45, 7) is 4.88. The topological polar surface area (TPSA) is 54.4 Å². The van der Waals surface area contributed by atoms with Crippen molar-refractivity contribution >= 4 is 32.8 Å². The van der Waals surface area contributed by atoms with Crippen LogP contribution in [0, 0.1) is 6.92 Å². The van der Waals surface area contributed by atoms with E-state index in [1.54, 1.807) is 39.0 Å². The van der Waals surface area contributed by atoms with Gasteiger partial charge in [-0.1, -0.05) is 11.6 Å². The van der Waals surface area contributed by atoms with Gasteiger partial charge in [0.05, 0.1) is 11.0 Å². The van der Waals surface area contributed by atoms with Gasteiger partial charge in [0.15, 0.2) is 15.5 Å². The first-order valence-corrected chi connectivity index (χ1v) is 12.1. The number of nitrogens with zero attached hydrogens (tertiary/aromatic N) is 1. The van der Waals surface area contributed by atoms with E-state index in [0.29, 0.717) is 22.6 Å². The molecule has 2 aromatic carbocycles. The fourth-order valence-electron chi connectivity index (χ4n) is 4.31. The van der Waals surface area contributed by atoms with Gasteiger partial charge in [-0.2, -0.15) is 13.2 Å². The molecule has 4 nitrogen and oxygen atoms in total. The fourth-order valence-corrected chi connectivity index (χ4v) is 5.44. The molecule has 0 saturated carbocycles. The molecule has 0 amide bonds. The van der Waals surface area contributed by atoms with Crippen LogP contribution in [0.5, 0.6) is 0 Å². The van der Waals surface area contributed by atoms with Crippen LogP contribution in [0.15, 0.2) is 64.8 Å². The summed E-state index contributed by atoms with van der Waals surface area (Å²) in [4.78, 5) is 0.105. The quantitative estimate of drug-likeness (QED) is 0.506. The van der Waals surface area contributed by atoms with Crippen molar-refractivity contribution in [3.8, 4) is 0 Å². The van der Waals surface area contributed by atoms with Crippen LogP contribution in [-0.4, -0.2) is 25.9 Å². The monoisotopic (exact) mass is 486 g/mol. The summed E-state index contributed by atoms with van der Waals surface area (Å²) in [6.07, 6.45) is -0.883. The van der Waals surface area contributed by atoms with Gasteiger partial charge in [-0.3, -0.25) is 0 Å². The van der Waals surface area contributed by atoms with Gasteiger partial charge in [0.2, 0.25) is 0 Å². The Morgan fingerprint density at radius 2 is 1.75 bits per heavy atom. The minimum atomic E-state index is -4.69. The van der Waals surface area contributed by atoms with Crippen LogP contribution < -0.4 is 4.48 Å². The lowest BCUT2D eigenvalue weighted by atomic mass is 10.0. The first-order chi connectivity index (χ1) is 14.7. The summed E-state index contributed by atoms with van der Waals surface area (Å²) in [5.41, 5.74) is 0.964. The number of quaternary nitrogens is 1. The molecule has 0 radical (unpaired) electrons. The summed E-state index contributed by atoms with van der Waals surface area (Å²) in [6, 6.07) is 8.15. The summed E-state index contributed by atoms with van der Waals surface area (Å²) < 4.78 is 66.3. The normalized spacial score (nSPS) is 20.2. The first-order valence-electron chi connectivity index (χ1n) is 9.83. The Kier molecular flexibility index (Phi) is 6.38. The van der Waals surface area contributed by atoms with Gasteiger partial charge in [0, 0.05) is 55.0 Å². The molecule has 1 aliphatic heterocycles. The second kappa shape index (κ2) is 8.33. The van der Waals surface area contributed by atoms with Gasteiger partial charge in [-0.25, -0.2) is 12.9 Å². The molecule has 2 aromatic rings. The number of aryl methyl sites for hydroxylation is 1. The molecule has 1 unspecified atom stereocenters. The van der Waals surface area contributed by atoms with Crippen molar-refractivity contribution in [1.29, 1.82) is 0 Å². The fraction of sp³-hybridized carbons (Fsp3) is 0.304. The molecule has 172 valence electrons. The lowest BCUT2D eigenvalue weighted by Crippen LogP contribution is -2.41. The number of aliphatic hydroxyl groups excluding tert-OH is 1. The van der Waals surface area contributed by atoms with Gasteiger partial charge in [-0.05, 0) is 37.6 Å². The number of allylic oxidation sites excluding steroid dienone is 3. The molecule has 0 aromatic heterocycles. The van der Waals surface area contributed by atoms with E-state index in [1.165, 1.54) is 24.3 Å². The van der Waals surface area contributed by atoms with Crippen LogP contribution in [-0.2, 0) is 16.0 Å². The van der Waals surface area contributed by atoms with E-state index in [-0.39, 0.29) is 22.0 Å². The third-order valence-corrected chi connectivity index (χ3v) is 7.04. The Morgan fingerprint density at radius 1 is 1.09 bits per heavy atom. The van der Waals surface area contributed by atoms with Crippen LogP contribution in [0.25, 0.3) is 0 Å². The summed E-state index contributed by atoms with van der Waals surface area (Å²) in [7, 11) is -3.51. The van der Waals surface area contributed by atoms with Crippen molar-refractivity contribution in [3.63, 3.8) is 0 Å². The highest BCUT2D eigenvalue weighted by Gasteiger charge is 2.49. The van der Waals surface area contributed by atoms with Crippen molar-refractivity contribution < 1.29 is 26.7 Å². The summed E-state index contributed by atoms with van der Waals surface area (Å²) in [5, 5.41) is 10.1. The highest BCUT2D eigenvalue weighted by Crippen LogP contribution is 2.53. The van der Waals surface area contributed by atoms with Crippen molar-refractivity contribution in [1.82, 2.24) is 4.48 Å². The van der Waals surface area contributed by atoms with Crippen LogP contribution >= 0.6 is 11.6 Å². The minimum Gasteiger partial charge on any atom is -0.393 e. The number of aliphatic hydroxyl groups is 1. The second-order valence-electron chi connectivity index (χ2n) is 8.07. The van der Waals surface area contributed by atoms with E-state index in [9.17, 15) is 26.7 Å². The van der Waals surface area contributed by atoms with E-state index < -0.39 is 32.2 Å². The number of alkyl halides is 3. The van der Waals surface area contributed by atoms with E-state index in [1.807, 2.05) is 0 Å². The van der Waals surface area contributed by atoms with Crippen LogP contribution in [0.2, 0.25) is 5.02 Å². The number of sulfone groups is 1. The van der Waals surface area contributed by atoms with Gasteiger partial charge in [0.1, 0.15) is 22.6 Å². The Bertz CT molecular complexity index is 1230. The average Bonchev–Trinajstić information content (AvgIpc) is 2.96. The SMILES string of the molecule is CC1=CC=C(C[C@H](C)O)[N+]1(c1ccc(S(C)(=O)=O)c(C)c1)c1ccc(Cl)cc1C(F)(F)F. The van der Waals surface area contributed by atoms with Crippen LogP contribution in [0.4, 0.5) is 24.5 Å². The summed E-state index contributed by atoms with van der Waals surface area (Å²) in [5.74, 6) is 0. The van der Waals surface area contributed by atoms with Gasteiger partial charge in [-0.15, -0.1) is 0 Å². The molecule has 0 aliphatic carbocycles. The van der Waals surface area contributed by atoms with Crippen molar-refractivity contribution in [2.24, 2.45) is 0 Å². The molecule has 2 atom stereocenters. The Labute approximate surface area is 190 Å². The Hall–Kier alpha value is -2.13. The van der Waals surface area contributed by atoms with Gasteiger partial charge in [0.25, 0.3) is 0 Å². The molecule has 32 heavy (non-hydrogen) atoms. The Morgan fingerprint density at radius 3 is 2.28 bits per heavy atom. The number of benzene rings is 2. The predicted molar refractivity (Wildman–Crippen MR) is 120 cm³/mol. The van der Waals surface area contributed by atoms with Crippen molar-refractivity contribution in [3.05, 3.63) is 76.1 Å². The zero-order chi connectivity index (χ0) is 24.1. The van der Waals surface area contributed by atoms with E-state index in [0.717, 1.165) is 12.3 Å². The first kappa shape index (κ1) is 24.5. The smallest absolute Gasteiger partial charge is 0.393 e. The zero-order valence-corrected chi connectivity index (χ0v) is 19.6. The largest absolute Gasteiger partial charge is 0.422 e. The van der Waals surface area contributed by atoms with Gasteiger partial charge < -0.3 is 5.11 Å². The van der Waals surface area contributed by atoms with Crippen molar-refractivity contribution in [2.45, 2.75) is 44.4 Å². The van der Waals surface area contributed by atoms with E-state index >= 15 is 0 Å². The molecule has 1 heterocycles. The van der Waals surface area contributed by atoms with Gasteiger partial charge >= 0.3 is 6.18 Å². The standard InChI is InChI=1S/C23H24ClF3NO3S/c1-14-11-18(8-10-22(14)32(4,30)31)28(15(2)5-7-19(28)12-16(3)29)21-9-6-17(24)13-20(21)23(25,26)27/h5-11,13,16,29H,12H2,1-4H3/q+1/t16-,28?/m0/s1. The average molecular weight is 487 g/mol. The molecule has 0 saturated heterocycles.